The van der Waals surface area contributed by atoms with E-state index in [1.165, 1.54) is 0 Å². The highest BCUT2D eigenvalue weighted by Gasteiger charge is 2.18. The van der Waals surface area contributed by atoms with Gasteiger partial charge in [0.1, 0.15) is 18.2 Å². The Morgan fingerprint density at radius 1 is 1.53 bits per heavy atom. The fraction of sp³-hybridized carbons (Fsp3) is 0.600. The molecule has 1 aromatic rings. The minimum atomic E-state index is -0.193. The molecule has 0 amide bonds. The molecule has 2 unspecified atom stereocenters. The average molecular weight is 267 g/mol. The number of rotatable bonds is 5. The molecule has 1 aliphatic rings. The van der Waals surface area contributed by atoms with Crippen LogP contribution in [0.3, 0.4) is 0 Å². The van der Waals surface area contributed by atoms with E-state index in [4.69, 9.17) is 9.47 Å². The van der Waals surface area contributed by atoms with E-state index < -0.39 is 0 Å². The van der Waals surface area contributed by atoms with Gasteiger partial charge >= 0.3 is 0 Å². The highest BCUT2D eigenvalue weighted by Crippen LogP contribution is 2.28. The molecule has 1 aromatic carbocycles. The lowest BCUT2D eigenvalue weighted by atomic mass is 10.0. The fourth-order valence-corrected chi connectivity index (χ4v) is 2.25. The van der Waals surface area contributed by atoms with Crippen molar-refractivity contribution in [3.05, 3.63) is 29.1 Å². The van der Waals surface area contributed by atoms with Crippen molar-refractivity contribution >= 4 is 0 Å². The summed E-state index contributed by atoms with van der Waals surface area (Å²) in [7, 11) is 1.85. The third-order valence-corrected chi connectivity index (χ3v) is 3.64. The Morgan fingerprint density at radius 3 is 2.95 bits per heavy atom. The highest BCUT2D eigenvalue weighted by molar-refractivity contribution is 5.40. The number of hydrogen-bond acceptors (Lipinski definition) is 3. The van der Waals surface area contributed by atoms with E-state index in [-0.39, 0.29) is 18.0 Å². The van der Waals surface area contributed by atoms with Gasteiger partial charge in [-0.1, -0.05) is 0 Å². The van der Waals surface area contributed by atoms with Crippen LogP contribution < -0.4 is 10.1 Å². The number of halogens is 1. The molecular weight excluding hydrogens is 245 g/mol. The normalized spacial score (nSPS) is 20.5. The second-order valence-electron chi connectivity index (χ2n) is 5.10. The van der Waals surface area contributed by atoms with Gasteiger partial charge in [-0.2, -0.15) is 0 Å². The quantitative estimate of drug-likeness (QED) is 0.889. The van der Waals surface area contributed by atoms with Crippen molar-refractivity contribution in [2.75, 3.05) is 20.3 Å². The van der Waals surface area contributed by atoms with E-state index in [9.17, 15) is 4.39 Å². The van der Waals surface area contributed by atoms with Gasteiger partial charge in [-0.05, 0) is 51.4 Å². The molecule has 0 radical (unpaired) electrons. The monoisotopic (exact) mass is 267 g/mol. The molecule has 0 aromatic heterocycles. The molecule has 0 spiro atoms. The van der Waals surface area contributed by atoms with E-state index >= 15 is 0 Å². The summed E-state index contributed by atoms with van der Waals surface area (Å²) < 4.78 is 25.1. The summed E-state index contributed by atoms with van der Waals surface area (Å²) in [6, 6.07) is 3.38. The van der Waals surface area contributed by atoms with Crippen LogP contribution in [0.1, 0.15) is 36.9 Å². The van der Waals surface area contributed by atoms with Gasteiger partial charge in [0.2, 0.25) is 0 Å². The molecule has 0 saturated carbocycles. The molecular formula is C15H22FNO2. The molecule has 4 heteroatoms. The Kier molecular flexibility index (Phi) is 4.77. The van der Waals surface area contributed by atoms with Gasteiger partial charge in [-0.25, -0.2) is 4.39 Å². The molecule has 3 nitrogen and oxygen atoms in total. The van der Waals surface area contributed by atoms with Crippen molar-refractivity contribution < 1.29 is 13.9 Å². The fourth-order valence-electron chi connectivity index (χ4n) is 2.25. The third-order valence-electron chi connectivity index (χ3n) is 3.64. The van der Waals surface area contributed by atoms with Crippen LogP contribution in [0.15, 0.2) is 12.1 Å². The number of hydrogen-bond donors (Lipinski definition) is 1. The van der Waals surface area contributed by atoms with Gasteiger partial charge in [-0.3, -0.25) is 0 Å². The Labute approximate surface area is 114 Å². The molecule has 1 fully saturated rings. The second-order valence-corrected chi connectivity index (χ2v) is 5.10. The summed E-state index contributed by atoms with van der Waals surface area (Å²) in [6.07, 6.45) is 2.30. The van der Waals surface area contributed by atoms with Crippen molar-refractivity contribution in [2.45, 2.75) is 38.8 Å². The van der Waals surface area contributed by atoms with Gasteiger partial charge in [-0.15, -0.1) is 0 Å². The Hall–Kier alpha value is -1.13. The molecule has 2 rings (SSSR count). The number of aryl methyl sites for hydroxylation is 1. The highest BCUT2D eigenvalue weighted by atomic mass is 19.1. The van der Waals surface area contributed by atoms with Gasteiger partial charge in [0.25, 0.3) is 0 Å². The minimum Gasteiger partial charge on any atom is -0.491 e. The lowest BCUT2D eigenvalue weighted by Crippen LogP contribution is -2.19. The lowest BCUT2D eigenvalue weighted by molar-refractivity contribution is 0.0674. The SMILES string of the molecule is CNC(C)c1cc(F)c(C)cc1OCC1CCCO1. The molecule has 0 bridgehead atoms. The first-order chi connectivity index (χ1) is 9.11. The van der Waals surface area contributed by atoms with Crippen LogP contribution in [0.5, 0.6) is 5.75 Å². The van der Waals surface area contributed by atoms with E-state index in [2.05, 4.69) is 5.32 Å². The molecule has 1 saturated heterocycles. The van der Waals surface area contributed by atoms with Crippen LogP contribution in [-0.2, 0) is 4.74 Å². The summed E-state index contributed by atoms with van der Waals surface area (Å²) in [4.78, 5) is 0. The summed E-state index contributed by atoms with van der Waals surface area (Å²) >= 11 is 0. The van der Waals surface area contributed by atoms with Crippen LogP contribution >= 0.6 is 0 Å². The second kappa shape index (κ2) is 6.35. The first kappa shape index (κ1) is 14.3. The summed E-state index contributed by atoms with van der Waals surface area (Å²) in [5.41, 5.74) is 1.46. The zero-order chi connectivity index (χ0) is 13.8. The maximum absolute atomic E-state index is 13.7. The van der Waals surface area contributed by atoms with Gasteiger partial charge < -0.3 is 14.8 Å². The minimum absolute atomic E-state index is 0.0506. The van der Waals surface area contributed by atoms with E-state index in [1.807, 2.05) is 14.0 Å². The predicted molar refractivity (Wildman–Crippen MR) is 73.1 cm³/mol. The molecule has 19 heavy (non-hydrogen) atoms. The summed E-state index contributed by atoms with van der Waals surface area (Å²) in [5, 5.41) is 3.12. The van der Waals surface area contributed by atoms with Crippen LogP contribution in [0.2, 0.25) is 0 Å². The van der Waals surface area contributed by atoms with Crippen molar-refractivity contribution in [1.29, 1.82) is 0 Å². The molecule has 106 valence electrons. The van der Waals surface area contributed by atoms with Crippen LogP contribution in [0.4, 0.5) is 4.39 Å². The predicted octanol–water partition coefficient (Wildman–Crippen LogP) is 2.97. The Bertz CT molecular complexity index is 430. The maximum Gasteiger partial charge on any atom is 0.126 e. The maximum atomic E-state index is 13.7. The smallest absolute Gasteiger partial charge is 0.126 e. The molecule has 1 N–H and O–H groups in total. The first-order valence-electron chi connectivity index (χ1n) is 6.83. The zero-order valence-corrected chi connectivity index (χ0v) is 11.8. The number of ether oxygens (including phenoxy) is 2. The van der Waals surface area contributed by atoms with Crippen molar-refractivity contribution in [3.63, 3.8) is 0 Å². The summed E-state index contributed by atoms with van der Waals surface area (Å²) in [6.45, 7) is 5.09. The van der Waals surface area contributed by atoms with E-state index in [1.54, 1.807) is 19.1 Å². The zero-order valence-electron chi connectivity index (χ0n) is 11.8. The topological polar surface area (TPSA) is 30.5 Å². The lowest BCUT2D eigenvalue weighted by Gasteiger charge is -2.19. The van der Waals surface area contributed by atoms with Crippen molar-refractivity contribution in [1.82, 2.24) is 5.32 Å². The van der Waals surface area contributed by atoms with Crippen LogP contribution in [-0.4, -0.2) is 26.4 Å². The van der Waals surface area contributed by atoms with Gasteiger partial charge in [0.15, 0.2) is 0 Å². The van der Waals surface area contributed by atoms with E-state index in [0.717, 1.165) is 30.8 Å². The average Bonchev–Trinajstić information content (AvgIpc) is 2.92. The Morgan fingerprint density at radius 2 is 2.32 bits per heavy atom. The number of nitrogens with one attached hydrogen (secondary N) is 1. The molecule has 2 atom stereocenters. The van der Waals surface area contributed by atoms with Crippen LogP contribution in [0, 0.1) is 12.7 Å². The first-order valence-corrected chi connectivity index (χ1v) is 6.83. The number of benzene rings is 1. The van der Waals surface area contributed by atoms with Crippen LogP contribution in [0.25, 0.3) is 0 Å². The van der Waals surface area contributed by atoms with Gasteiger partial charge in [0, 0.05) is 18.2 Å². The summed E-state index contributed by atoms with van der Waals surface area (Å²) in [5.74, 6) is 0.554. The largest absolute Gasteiger partial charge is 0.491 e. The Balaban J connectivity index is 2.14. The molecule has 1 aliphatic heterocycles. The molecule has 1 heterocycles. The van der Waals surface area contributed by atoms with Crippen molar-refractivity contribution in [2.24, 2.45) is 0 Å². The third kappa shape index (κ3) is 3.45. The van der Waals surface area contributed by atoms with Gasteiger partial charge in [0.05, 0.1) is 6.10 Å². The molecule has 0 aliphatic carbocycles. The van der Waals surface area contributed by atoms with Crippen molar-refractivity contribution in [3.8, 4) is 5.75 Å². The van der Waals surface area contributed by atoms with E-state index in [0.29, 0.717) is 12.2 Å². The standard InChI is InChI=1S/C15H22FNO2/c1-10-7-15(19-9-12-5-4-6-18-12)13(8-14(10)16)11(2)17-3/h7-8,11-12,17H,4-6,9H2,1-3H3.